The molecule has 0 amide bonds. The van der Waals surface area contributed by atoms with E-state index in [0.717, 1.165) is 25.3 Å². The molecule has 0 radical (unpaired) electrons. The minimum atomic E-state index is 0.224. The second-order valence-corrected chi connectivity index (χ2v) is 4.97. The summed E-state index contributed by atoms with van der Waals surface area (Å²) in [5, 5.41) is 3.38. The van der Waals surface area contributed by atoms with E-state index in [2.05, 4.69) is 35.1 Å². The van der Waals surface area contributed by atoms with Gasteiger partial charge < -0.3 is 15.2 Å². The third-order valence-corrected chi connectivity index (χ3v) is 3.35. The predicted molar refractivity (Wildman–Crippen MR) is 77.1 cm³/mol. The summed E-state index contributed by atoms with van der Waals surface area (Å²) in [7, 11) is 0. The van der Waals surface area contributed by atoms with E-state index in [9.17, 15) is 0 Å². The van der Waals surface area contributed by atoms with Crippen LogP contribution in [0.15, 0.2) is 12.4 Å². The fraction of sp³-hybridized carbons (Fsp3) is 0.500. The van der Waals surface area contributed by atoms with Crippen LogP contribution in [0.3, 0.4) is 0 Å². The largest absolute Gasteiger partial charge is 0.354 e. The highest BCUT2D eigenvalue weighted by atomic mass is 35.5. The van der Waals surface area contributed by atoms with Crippen molar-refractivity contribution in [2.75, 3.05) is 29.9 Å². The first-order chi connectivity index (χ1) is 9.81. The number of aromatic amines is 1. The maximum atomic E-state index is 5.96. The minimum absolute atomic E-state index is 0.224. The van der Waals surface area contributed by atoms with E-state index in [-0.39, 0.29) is 5.28 Å². The highest BCUT2D eigenvalue weighted by Crippen LogP contribution is 2.18. The number of aromatic nitrogens is 5. The molecule has 0 unspecified atom stereocenters. The first-order valence-electron chi connectivity index (χ1n) is 6.70. The molecule has 1 aliphatic rings. The van der Waals surface area contributed by atoms with Crippen molar-refractivity contribution in [3.8, 4) is 0 Å². The molecule has 7 nitrogen and oxygen atoms in total. The van der Waals surface area contributed by atoms with Gasteiger partial charge >= 0.3 is 0 Å². The SMILES string of the molecule is Clc1nc(NCCc2ncc[nH]2)nc(N2CCCC2)n1. The Morgan fingerprint density at radius 3 is 2.85 bits per heavy atom. The molecule has 0 atom stereocenters. The maximum Gasteiger partial charge on any atom is 0.231 e. The lowest BCUT2D eigenvalue weighted by molar-refractivity contribution is 0.865. The fourth-order valence-electron chi connectivity index (χ4n) is 2.20. The van der Waals surface area contributed by atoms with Gasteiger partial charge in [-0.05, 0) is 24.4 Å². The van der Waals surface area contributed by atoms with Crippen molar-refractivity contribution in [3.05, 3.63) is 23.5 Å². The number of H-pyrrole nitrogens is 1. The number of nitrogens with one attached hydrogen (secondary N) is 2. The molecular formula is C12H16ClN7. The normalized spacial score (nSPS) is 14.8. The Balaban J connectivity index is 1.63. The van der Waals surface area contributed by atoms with Crippen molar-refractivity contribution in [1.82, 2.24) is 24.9 Å². The van der Waals surface area contributed by atoms with Gasteiger partial charge in [0.05, 0.1) is 0 Å². The van der Waals surface area contributed by atoms with Crippen molar-refractivity contribution >= 4 is 23.5 Å². The lowest BCUT2D eigenvalue weighted by atomic mass is 10.4. The zero-order chi connectivity index (χ0) is 13.8. The van der Waals surface area contributed by atoms with Gasteiger partial charge in [-0.3, -0.25) is 0 Å². The van der Waals surface area contributed by atoms with Crippen LogP contribution in [0.1, 0.15) is 18.7 Å². The van der Waals surface area contributed by atoms with Crippen LogP contribution in [0.5, 0.6) is 0 Å². The molecule has 2 aromatic heterocycles. The zero-order valence-corrected chi connectivity index (χ0v) is 11.8. The quantitative estimate of drug-likeness (QED) is 0.869. The van der Waals surface area contributed by atoms with Crippen LogP contribution >= 0.6 is 11.6 Å². The van der Waals surface area contributed by atoms with Crippen LogP contribution in [0.4, 0.5) is 11.9 Å². The lowest BCUT2D eigenvalue weighted by Crippen LogP contribution is -2.21. The average Bonchev–Trinajstić information content (AvgIpc) is 3.11. The molecule has 2 N–H and O–H groups in total. The molecule has 2 aromatic rings. The molecule has 0 spiro atoms. The second kappa shape index (κ2) is 6.04. The molecule has 1 fully saturated rings. The van der Waals surface area contributed by atoms with Crippen LogP contribution in [-0.2, 0) is 6.42 Å². The van der Waals surface area contributed by atoms with E-state index in [1.54, 1.807) is 12.4 Å². The van der Waals surface area contributed by atoms with E-state index in [0.29, 0.717) is 18.4 Å². The standard InChI is InChI=1S/C12H16ClN7/c13-10-17-11(16-4-3-9-14-5-6-15-9)19-12(18-10)20-7-1-2-8-20/h5-6H,1-4,7-8H2,(H,14,15)(H,16,17,18,19). The van der Waals surface area contributed by atoms with Gasteiger partial charge in [0, 0.05) is 38.4 Å². The first-order valence-corrected chi connectivity index (χ1v) is 7.08. The van der Waals surface area contributed by atoms with Gasteiger partial charge in [0.1, 0.15) is 5.82 Å². The summed E-state index contributed by atoms with van der Waals surface area (Å²) in [4.78, 5) is 22.0. The zero-order valence-electron chi connectivity index (χ0n) is 11.0. The molecule has 1 aliphatic heterocycles. The molecule has 20 heavy (non-hydrogen) atoms. The maximum absolute atomic E-state index is 5.96. The van der Waals surface area contributed by atoms with Crippen molar-refractivity contribution in [2.45, 2.75) is 19.3 Å². The minimum Gasteiger partial charge on any atom is -0.354 e. The van der Waals surface area contributed by atoms with Crippen LogP contribution in [0, 0.1) is 0 Å². The van der Waals surface area contributed by atoms with Gasteiger partial charge in [0.2, 0.25) is 17.2 Å². The highest BCUT2D eigenvalue weighted by Gasteiger charge is 2.16. The Labute approximate surface area is 121 Å². The van der Waals surface area contributed by atoms with Gasteiger partial charge in [0.25, 0.3) is 0 Å². The predicted octanol–water partition coefficient (Wildman–Crippen LogP) is 1.50. The summed E-state index contributed by atoms with van der Waals surface area (Å²) in [6.07, 6.45) is 6.66. The molecule has 0 aromatic carbocycles. The number of imidazole rings is 1. The molecule has 8 heteroatoms. The third-order valence-electron chi connectivity index (χ3n) is 3.18. The van der Waals surface area contributed by atoms with E-state index in [1.165, 1.54) is 12.8 Å². The molecule has 3 heterocycles. The fourth-order valence-corrected chi connectivity index (χ4v) is 2.36. The number of anilines is 2. The van der Waals surface area contributed by atoms with E-state index in [1.807, 2.05) is 0 Å². The summed E-state index contributed by atoms with van der Waals surface area (Å²) in [6, 6.07) is 0. The Hall–Kier alpha value is -1.89. The highest BCUT2D eigenvalue weighted by molar-refractivity contribution is 6.28. The molecule has 0 saturated carbocycles. The summed E-state index contributed by atoms with van der Waals surface area (Å²) in [5.41, 5.74) is 0. The third kappa shape index (κ3) is 3.16. The van der Waals surface area contributed by atoms with Crippen LogP contribution in [-0.4, -0.2) is 44.6 Å². The van der Waals surface area contributed by atoms with E-state index < -0.39 is 0 Å². The monoisotopic (exact) mass is 293 g/mol. The van der Waals surface area contributed by atoms with E-state index in [4.69, 9.17) is 11.6 Å². The van der Waals surface area contributed by atoms with E-state index >= 15 is 0 Å². The topological polar surface area (TPSA) is 82.6 Å². The van der Waals surface area contributed by atoms with Crippen LogP contribution in [0.2, 0.25) is 5.28 Å². The number of hydrogen-bond donors (Lipinski definition) is 2. The van der Waals surface area contributed by atoms with Crippen molar-refractivity contribution < 1.29 is 0 Å². The Bertz CT molecular complexity index is 551. The number of rotatable bonds is 5. The number of halogens is 1. The lowest BCUT2D eigenvalue weighted by Gasteiger charge is -2.15. The summed E-state index contributed by atoms with van der Waals surface area (Å²) >= 11 is 5.96. The number of hydrogen-bond acceptors (Lipinski definition) is 6. The molecule has 106 valence electrons. The van der Waals surface area contributed by atoms with Gasteiger partial charge in [-0.1, -0.05) is 0 Å². The van der Waals surface area contributed by atoms with Gasteiger partial charge in [-0.15, -0.1) is 0 Å². The Kier molecular flexibility index (Phi) is 3.96. The summed E-state index contributed by atoms with van der Waals surface area (Å²) in [5.74, 6) is 2.10. The molecule has 0 bridgehead atoms. The average molecular weight is 294 g/mol. The van der Waals surface area contributed by atoms with Gasteiger partial charge in [0.15, 0.2) is 0 Å². The van der Waals surface area contributed by atoms with Gasteiger partial charge in [-0.25, -0.2) is 4.98 Å². The van der Waals surface area contributed by atoms with Crippen molar-refractivity contribution in [1.29, 1.82) is 0 Å². The Morgan fingerprint density at radius 2 is 2.10 bits per heavy atom. The molecule has 0 aliphatic carbocycles. The summed E-state index contributed by atoms with van der Waals surface area (Å²) in [6.45, 7) is 2.64. The smallest absolute Gasteiger partial charge is 0.231 e. The molecule has 3 rings (SSSR count). The van der Waals surface area contributed by atoms with Crippen molar-refractivity contribution in [3.63, 3.8) is 0 Å². The summed E-state index contributed by atoms with van der Waals surface area (Å²) < 4.78 is 0. The molecular weight excluding hydrogens is 278 g/mol. The Morgan fingerprint density at radius 1 is 1.25 bits per heavy atom. The van der Waals surface area contributed by atoms with Gasteiger partial charge in [-0.2, -0.15) is 15.0 Å². The first kappa shape index (κ1) is 13.1. The second-order valence-electron chi connectivity index (χ2n) is 4.63. The number of nitrogens with zero attached hydrogens (tertiary/aromatic N) is 5. The van der Waals surface area contributed by atoms with Crippen LogP contribution < -0.4 is 10.2 Å². The molecule has 1 saturated heterocycles. The van der Waals surface area contributed by atoms with Crippen LogP contribution in [0.25, 0.3) is 0 Å². The van der Waals surface area contributed by atoms with Crippen molar-refractivity contribution in [2.24, 2.45) is 0 Å².